The Morgan fingerprint density at radius 3 is 2.46 bits per heavy atom. The maximum atomic E-state index is 13.6. The average Bonchev–Trinajstić information content (AvgIpc) is 3.45. The van der Waals surface area contributed by atoms with E-state index in [1.807, 2.05) is 45.0 Å². The molecule has 200 valence electrons. The van der Waals surface area contributed by atoms with E-state index in [1.165, 1.54) is 16.2 Å². The van der Waals surface area contributed by atoms with Gasteiger partial charge in [0.15, 0.2) is 5.13 Å². The van der Waals surface area contributed by atoms with Crippen LogP contribution in [0.5, 0.6) is 5.75 Å². The Labute approximate surface area is 231 Å². The second-order valence-corrected chi connectivity index (χ2v) is 11.4. The molecule has 7 nitrogen and oxygen atoms in total. The van der Waals surface area contributed by atoms with Gasteiger partial charge in [-0.25, -0.2) is 4.98 Å². The van der Waals surface area contributed by atoms with Crippen LogP contribution in [-0.2, 0) is 9.59 Å². The maximum Gasteiger partial charge on any atom is 0.301 e. The molecule has 0 radical (unpaired) electrons. The second kappa shape index (κ2) is 10.3. The quantitative estimate of drug-likeness (QED) is 0.162. The van der Waals surface area contributed by atoms with E-state index in [0.717, 1.165) is 26.9 Å². The number of carbonyl (C=O) groups excluding carboxylic acids is 2. The molecule has 1 aliphatic rings. The Balaban J connectivity index is 1.72. The molecule has 5 rings (SSSR count). The number of hydrogen-bond acceptors (Lipinski definition) is 7. The summed E-state index contributed by atoms with van der Waals surface area (Å²) in [7, 11) is 1.61. The van der Waals surface area contributed by atoms with Crippen molar-refractivity contribution in [3.8, 4) is 5.75 Å². The number of anilines is 1. The fraction of sp³-hybridized carbons (Fsp3) is 0.290. The Hall–Kier alpha value is -4.04. The first-order chi connectivity index (χ1) is 18.6. The van der Waals surface area contributed by atoms with Crippen LogP contribution in [0.3, 0.4) is 0 Å². The highest BCUT2D eigenvalue weighted by Crippen LogP contribution is 2.45. The molecule has 2 aromatic carbocycles. The SMILES string of the molecule is COc1cc(C)c(/C(O)=C2\C(=O)C(=O)N(c3nc4ccc(C(C)C)cc4s3)C2c2ccccn2)cc1C(C)C. The minimum atomic E-state index is -0.930. The summed E-state index contributed by atoms with van der Waals surface area (Å²) < 4.78 is 6.48. The molecule has 0 aliphatic carbocycles. The van der Waals surface area contributed by atoms with Gasteiger partial charge in [0.25, 0.3) is 5.78 Å². The predicted octanol–water partition coefficient (Wildman–Crippen LogP) is 6.88. The zero-order valence-electron chi connectivity index (χ0n) is 22.9. The highest BCUT2D eigenvalue weighted by molar-refractivity contribution is 7.22. The van der Waals surface area contributed by atoms with Crippen LogP contribution < -0.4 is 9.64 Å². The Morgan fingerprint density at radius 2 is 1.82 bits per heavy atom. The van der Waals surface area contributed by atoms with Crippen molar-refractivity contribution in [2.24, 2.45) is 0 Å². The summed E-state index contributed by atoms with van der Waals surface area (Å²) in [5.74, 6) is -0.601. The molecule has 1 amide bonds. The molecule has 4 aromatic rings. The summed E-state index contributed by atoms with van der Waals surface area (Å²) in [5, 5.41) is 12.1. The number of thiazole rings is 1. The standard InChI is InChI=1S/C31H31N3O4S/c1-16(2)19-10-11-22-25(14-19)39-31(33-22)34-27(23-9-7-8-12-32-23)26(29(36)30(34)37)28(35)21-15-20(17(3)4)24(38-6)13-18(21)5/h7-17,27,35H,1-6H3/b28-26+. The molecular weight excluding hydrogens is 510 g/mol. The first kappa shape index (κ1) is 26.6. The average molecular weight is 542 g/mol. The van der Waals surface area contributed by atoms with E-state index in [-0.39, 0.29) is 17.3 Å². The van der Waals surface area contributed by atoms with Crippen LogP contribution in [0.15, 0.2) is 60.3 Å². The number of methoxy groups -OCH3 is 1. The number of amides is 1. The number of ketones is 1. The molecule has 3 heterocycles. The molecule has 0 spiro atoms. The lowest BCUT2D eigenvalue weighted by atomic mass is 9.92. The number of aliphatic hydroxyl groups is 1. The third-order valence-electron chi connectivity index (χ3n) is 7.14. The summed E-state index contributed by atoms with van der Waals surface area (Å²) >= 11 is 1.35. The predicted molar refractivity (Wildman–Crippen MR) is 155 cm³/mol. The third kappa shape index (κ3) is 4.59. The van der Waals surface area contributed by atoms with E-state index in [2.05, 4.69) is 24.9 Å². The summed E-state index contributed by atoms with van der Waals surface area (Å²) in [4.78, 5) is 37.8. The summed E-state index contributed by atoms with van der Waals surface area (Å²) in [6, 6.07) is 14.1. The number of aliphatic hydroxyl groups excluding tert-OH is 1. The van der Waals surface area contributed by atoms with E-state index < -0.39 is 17.7 Å². The lowest BCUT2D eigenvalue weighted by Crippen LogP contribution is -2.29. The zero-order chi connectivity index (χ0) is 28.0. The first-order valence-corrected chi connectivity index (χ1v) is 13.7. The van der Waals surface area contributed by atoms with Crippen LogP contribution in [0, 0.1) is 6.92 Å². The number of Topliss-reactive ketones (excluding diaryl/α,β-unsaturated/α-hetero) is 1. The van der Waals surface area contributed by atoms with E-state index in [0.29, 0.717) is 28.1 Å². The van der Waals surface area contributed by atoms with E-state index in [4.69, 9.17) is 9.72 Å². The van der Waals surface area contributed by atoms with Crippen molar-refractivity contribution in [2.75, 3.05) is 12.0 Å². The smallest absolute Gasteiger partial charge is 0.301 e. The number of rotatable bonds is 6. The van der Waals surface area contributed by atoms with Crippen molar-refractivity contribution >= 4 is 44.1 Å². The normalized spacial score (nSPS) is 17.1. The van der Waals surface area contributed by atoms with E-state index in [9.17, 15) is 14.7 Å². The van der Waals surface area contributed by atoms with Crippen molar-refractivity contribution in [1.29, 1.82) is 0 Å². The number of ether oxygens (including phenoxy) is 1. The Kier molecular flexibility index (Phi) is 6.99. The van der Waals surface area contributed by atoms with Crippen molar-refractivity contribution in [3.63, 3.8) is 0 Å². The molecule has 1 fully saturated rings. The van der Waals surface area contributed by atoms with Crippen LogP contribution in [0.25, 0.3) is 16.0 Å². The van der Waals surface area contributed by atoms with Crippen molar-refractivity contribution in [1.82, 2.24) is 9.97 Å². The van der Waals surface area contributed by atoms with Gasteiger partial charge >= 0.3 is 5.91 Å². The summed E-state index contributed by atoms with van der Waals surface area (Å²) in [6.07, 6.45) is 1.61. The maximum absolute atomic E-state index is 13.6. The van der Waals surface area contributed by atoms with Gasteiger partial charge in [-0.05, 0) is 71.8 Å². The van der Waals surface area contributed by atoms with Gasteiger partial charge in [0.1, 0.15) is 17.6 Å². The van der Waals surface area contributed by atoms with Gasteiger partial charge < -0.3 is 9.84 Å². The largest absolute Gasteiger partial charge is 0.507 e. The molecule has 1 aliphatic heterocycles. The highest BCUT2D eigenvalue weighted by Gasteiger charge is 2.49. The number of nitrogens with zero attached hydrogens (tertiary/aromatic N) is 3. The van der Waals surface area contributed by atoms with Crippen molar-refractivity contribution in [3.05, 3.63) is 88.2 Å². The monoisotopic (exact) mass is 541 g/mol. The van der Waals surface area contributed by atoms with Crippen LogP contribution in [0.2, 0.25) is 0 Å². The fourth-order valence-electron chi connectivity index (χ4n) is 4.96. The second-order valence-electron chi connectivity index (χ2n) is 10.4. The molecule has 1 atom stereocenters. The van der Waals surface area contributed by atoms with E-state index >= 15 is 0 Å². The van der Waals surface area contributed by atoms with Gasteiger partial charge in [0.2, 0.25) is 0 Å². The highest BCUT2D eigenvalue weighted by atomic mass is 32.1. The Bertz CT molecular complexity index is 1620. The molecule has 8 heteroatoms. The van der Waals surface area contributed by atoms with Crippen molar-refractivity contribution < 1.29 is 19.4 Å². The first-order valence-electron chi connectivity index (χ1n) is 12.9. The lowest BCUT2D eigenvalue weighted by molar-refractivity contribution is -0.132. The van der Waals surface area contributed by atoms with E-state index in [1.54, 1.807) is 31.5 Å². The zero-order valence-corrected chi connectivity index (χ0v) is 23.7. The van der Waals surface area contributed by atoms with Gasteiger partial charge in [0, 0.05) is 11.8 Å². The van der Waals surface area contributed by atoms with Crippen LogP contribution in [-0.4, -0.2) is 33.9 Å². The lowest BCUT2D eigenvalue weighted by Gasteiger charge is -2.22. The minimum Gasteiger partial charge on any atom is -0.507 e. The number of carbonyl (C=O) groups is 2. The topological polar surface area (TPSA) is 92.6 Å². The van der Waals surface area contributed by atoms with Crippen LogP contribution in [0.4, 0.5) is 5.13 Å². The fourth-order valence-corrected chi connectivity index (χ4v) is 6.01. The molecule has 0 saturated carbocycles. The number of aromatic nitrogens is 2. The molecular formula is C31H31N3O4S. The van der Waals surface area contributed by atoms with Gasteiger partial charge in [-0.15, -0.1) is 0 Å². The van der Waals surface area contributed by atoms with Gasteiger partial charge in [-0.2, -0.15) is 0 Å². The number of benzene rings is 2. The molecule has 39 heavy (non-hydrogen) atoms. The molecule has 0 bridgehead atoms. The van der Waals surface area contributed by atoms with Crippen LogP contribution >= 0.6 is 11.3 Å². The summed E-state index contributed by atoms with van der Waals surface area (Å²) in [6.45, 7) is 10.1. The molecule has 2 aromatic heterocycles. The number of fused-ring (bicyclic) bond motifs is 1. The van der Waals surface area contributed by atoms with Gasteiger partial charge in [-0.1, -0.05) is 51.2 Å². The third-order valence-corrected chi connectivity index (χ3v) is 8.16. The van der Waals surface area contributed by atoms with Gasteiger partial charge in [0.05, 0.1) is 28.6 Å². The minimum absolute atomic E-state index is 0.0104. The molecule has 1 saturated heterocycles. The Morgan fingerprint density at radius 1 is 1.05 bits per heavy atom. The van der Waals surface area contributed by atoms with Crippen LogP contribution in [0.1, 0.15) is 73.5 Å². The number of hydrogen-bond donors (Lipinski definition) is 1. The number of pyridine rings is 1. The van der Waals surface area contributed by atoms with Gasteiger partial charge in [-0.3, -0.25) is 19.5 Å². The summed E-state index contributed by atoms with van der Waals surface area (Å²) in [5.41, 5.74) is 4.45. The number of aryl methyl sites for hydroxylation is 1. The molecule has 1 N–H and O–H groups in total. The van der Waals surface area contributed by atoms with Crippen molar-refractivity contribution in [2.45, 2.75) is 52.5 Å². The molecule has 1 unspecified atom stereocenters.